The third-order valence-electron chi connectivity index (χ3n) is 3.62. The number of benzene rings is 2. The number of non-ortho nitro benzene ring substituents is 1. The van der Waals surface area contributed by atoms with Crippen molar-refractivity contribution in [1.29, 1.82) is 0 Å². The van der Waals surface area contributed by atoms with Crippen molar-refractivity contribution in [3.05, 3.63) is 70.4 Å². The largest absolute Gasteiger partial charge is 0.497 e. The highest BCUT2D eigenvalue weighted by molar-refractivity contribution is 5.92. The number of carbonyl (C=O) groups is 1. The molecule has 1 amide bonds. The van der Waals surface area contributed by atoms with Crippen molar-refractivity contribution in [3.8, 4) is 17.1 Å². The van der Waals surface area contributed by atoms with E-state index in [1.165, 1.54) is 18.2 Å². The van der Waals surface area contributed by atoms with Gasteiger partial charge in [-0.2, -0.15) is 0 Å². The fraction of sp³-hybridized carbons (Fsp3) is 0.111. The van der Waals surface area contributed by atoms with Crippen LogP contribution in [0.2, 0.25) is 0 Å². The molecule has 132 valence electrons. The van der Waals surface area contributed by atoms with Gasteiger partial charge in [0, 0.05) is 29.4 Å². The zero-order valence-corrected chi connectivity index (χ0v) is 13.8. The highest BCUT2D eigenvalue weighted by Crippen LogP contribution is 2.23. The van der Waals surface area contributed by atoms with Crippen molar-refractivity contribution in [2.45, 2.75) is 6.42 Å². The summed E-state index contributed by atoms with van der Waals surface area (Å²) < 4.78 is 10.4. The number of methoxy groups -OCH3 is 1. The lowest BCUT2D eigenvalue weighted by atomic mass is 10.1. The van der Waals surface area contributed by atoms with Gasteiger partial charge in [0.05, 0.1) is 24.1 Å². The van der Waals surface area contributed by atoms with Crippen molar-refractivity contribution in [3.63, 3.8) is 0 Å². The fourth-order valence-electron chi connectivity index (χ4n) is 2.35. The summed E-state index contributed by atoms with van der Waals surface area (Å²) in [5.74, 6) is 0.913. The highest BCUT2D eigenvalue weighted by atomic mass is 16.6. The van der Waals surface area contributed by atoms with Crippen LogP contribution in [0.4, 0.5) is 11.4 Å². The van der Waals surface area contributed by atoms with Crippen LogP contribution in [0, 0.1) is 10.1 Å². The lowest BCUT2D eigenvalue weighted by molar-refractivity contribution is -0.384. The standard InChI is InChI=1S/C18H15N3O5/c1-25-16-7-5-12(6-8-16)17-10-14(20-26-17)11-18(22)19-13-3-2-4-15(9-13)21(23)24/h2-10H,11H2,1H3,(H,19,22). The van der Waals surface area contributed by atoms with Crippen LogP contribution in [0.5, 0.6) is 5.75 Å². The molecule has 1 N–H and O–H groups in total. The van der Waals surface area contributed by atoms with Gasteiger partial charge in [0.25, 0.3) is 5.69 Å². The average Bonchev–Trinajstić information content (AvgIpc) is 3.10. The number of amides is 1. The number of anilines is 1. The molecule has 3 aromatic rings. The number of nitrogens with zero attached hydrogens (tertiary/aromatic N) is 2. The Morgan fingerprint density at radius 2 is 2.00 bits per heavy atom. The first-order valence-corrected chi connectivity index (χ1v) is 7.69. The Balaban J connectivity index is 1.65. The Kier molecular flexibility index (Phi) is 4.93. The van der Waals surface area contributed by atoms with Crippen LogP contribution in [0.1, 0.15) is 5.69 Å². The summed E-state index contributed by atoms with van der Waals surface area (Å²) >= 11 is 0. The first kappa shape index (κ1) is 17.2. The van der Waals surface area contributed by atoms with Gasteiger partial charge in [-0.1, -0.05) is 11.2 Å². The molecule has 0 unspecified atom stereocenters. The van der Waals surface area contributed by atoms with Gasteiger partial charge in [-0.05, 0) is 30.3 Å². The second-order valence-corrected chi connectivity index (χ2v) is 5.44. The minimum Gasteiger partial charge on any atom is -0.497 e. The molecule has 0 fully saturated rings. The number of hydrogen-bond donors (Lipinski definition) is 1. The molecule has 0 radical (unpaired) electrons. The fourth-order valence-corrected chi connectivity index (χ4v) is 2.35. The molecule has 8 nitrogen and oxygen atoms in total. The maximum Gasteiger partial charge on any atom is 0.271 e. The van der Waals surface area contributed by atoms with Crippen LogP contribution in [0.25, 0.3) is 11.3 Å². The Labute approximate surface area is 148 Å². The number of hydrogen-bond acceptors (Lipinski definition) is 6. The molecule has 0 spiro atoms. The summed E-state index contributed by atoms with van der Waals surface area (Å²) in [4.78, 5) is 22.4. The molecule has 0 bridgehead atoms. The number of carbonyl (C=O) groups excluding carboxylic acids is 1. The van der Waals surface area contributed by atoms with E-state index < -0.39 is 4.92 Å². The number of nitrogens with one attached hydrogen (secondary N) is 1. The topological polar surface area (TPSA) is 108 Å². The summed E-state index contributed by atoms with van der Waals surface area (Å²) in [5, 5.41) is 17.3. The monoisotopic (exact) mass is 353 g/mol. The van der Waals surface area contributed by atoms with Crippen LogP contribution in [0.15, 0.2) is 59.1 Å². The molecule has 8 heteroatoms. The van der Waals surface area contributed by atoms with Gasteiger partial charge in [-0.15, -0.1) is 0 Å². The van der Waals surface area contributed by atoms with Crippen LogP contribution >= 0.6 is 0 Å². The van der Waals surface area contributed by atoms with E-state index in [2.05, 4.69) is 10.5 Å². The van der Waals surface area contributed by atoms with Gasteiger partial charge < -0.3 is 14.6 Å². The van der Waals surface area contributed by atoms with Gasteiger partial charge in [0.15, 0.2) is 5.76 Å². The predicted octanol–water partition coefficient (Wildman–Crippen LogP) is 3.44. The van der Waals surface area contributed by atoms with E-state index in [0.29, 0.717) is 17.1 Å². The SMILES string of the molecule is COc1ccc(-c2cc(CC(=O)Nc3cccc([N+](=O)[O-])c3)no2)cc1. The van der Waals surface area contributed by atoms with Crippen LogP contribution in [-0.4, -0.2) is 23.1 Å². The second kappa shape index (κ2) is 7.47. The molecular formula is C18H15N3O5. The van der Waals surface area contributed by atoms with E-state index in [0.717, 1.165) is 11.3 Å². The zero-order valence-electron chi connectivity index (χ0n) is 13.8. The summed E-state index contributed by atoms with van der Waals surface area (Å²) in [6, 6.07) is 14.7. The molecule has 3 rings (SSSR count). The van der Waals surface area contributed by atoms with Crippen LogP contribution < -0.4 is 10.1 Å². The molecule has 1 heterocycles. The first-order valence-electron chi connectivity index (χ1n) is 7.69. The van der Waals surface area contributed by atoms with E-state index >= 15 is 0 Å². The van der Waals surface area contributed by atoms with Gasteiger partial charge >= 0.3 is 0 Å². The molecule has 0 saturated heterocycles. The van der Waals surface area contributed by atoms with Crippen molar-refractivity contribution in [2.24, 2.45) is 0 Å². The van der Waals surface area contributed by atoms with Crippen molar-refractivity contribution in [1.82, 2.24) is 5.16 Å². The average molecular weight is 353 g/mol. The van der Waals surface area contributed by atoms with Gasteiger partial charge in [0.2, 0.25) is 5.91 Å². The summed E-state index contributed by atoms with van der Waals surface area (Å²) in [5.41, 5.74) is 1.52. The van der Waals surface area contributed by atoms with E-state index in [-0.39, 0.29) is 18.0 Å². The van der Waals surface area contributed by atoms with Crippen molar-refractivity contribution < 1.29 is 19.0 Å². The maximum atomic E-state index is 12.1. The minimum absolute atomic E-state index is 0.0116. The quantitative estimate of drug-likeness (QED) is 0.537. The molecule has 2 aromatic carbocycles. The lowest BCUT2D eigenvalue weighted by Crippen LogP contribution is -2.14. The van der Waals surface area contributed by atoms with E-state index in [4.69, 9.17) is 9.26 Å². The first-order chi connectivity index (χ1) is 12.5. The highest BCUT2D eigenvalue weighted by Gasteiger charge is 2.12. The van der Waals surface area contributed by atoms with Crippen LogP contribution in [-0.2, 0) is 11.2 Å². The third kappa shape index (κ3) is 4.04. The summed E-state index contributed by atoms with van der Waals surface area (Å²) in [6.07, 6.45) is -0.0116. The smallest absolute Gasteiger partial charge is 0.271 e. The van der Waals surface area contributed by atoms with Crippen LogP contribution in [0.3, 0.4) is 0 Å². The predicted molar refractivity (Wildman–Crippen MR) is 93.9 cm³/mol. The van der Waals surface area contributed by atoms with Crippen molar-refractivity contribution in [2.75, 3.05) is 12.4 Å². The molecule has 0 atom stereocenters. The Bertz CT molecular complexity index is 934. The van der Waals surface area contributed by atoms with E-state index in [9.17, 15) is 14.9 Å². The molecule has 0 aliphatic carbocycles. The second-order valence-electron chi connectivity index (χ2n) is 5.44. The van der Waals surface area contributed by atoms with E-state index in [1.54, 1.807) is 31.4 Å². The number of ether oxygens (including phenoxy) is 1. The normalized spacial score (nSPS) is 10.3. The number of nitro benzene ring substituents is 1. The minimum atomic E-state index is -0.519. The van der Waals surface area contributed by atoms with Gasteiger partial charge in [0.1, 0.15) is 5.75 Å². The summed E-state index contributed by atoms with van der Waals surface area (Å²) in [7, 11) is 1.58. The van der Waals surface area contributed by atoms with Gasteiger partial charge in [-0.3, -0.25) is 14.9 Å². The number of rotatable bonds is 6. The lowest BCUT2D eigenvalue weighted by Gasteiger charge is -2.03. The molecule has 0 aliphatic heterocycles. The Morgan fingerprint density at radius 3 is 2.69 bits per heavy atom. The van der Waals surface area contributed by atoms with E-state index in [1.807, 2.05) is 12.1 Å². The number of aromatic nitrogens is 1. The third-order valence-corrected chi connectivity index (χ3v) is 3.62. The van der Waals surface area contributed by atoms with Gasteiger partial charge in [-0.25, -0.2) is 0 Å². The van der Waals surface area contributed by atoms with Crippen molar-refractivity contribution >= 4 is 17.3 Å². The maximum absolute atomic E-state index is 12.1. The molecule has 0 aliphatic rings. The summed E-state index contributed by atoms with van der Waals surface area (Å²) in [6.45, 7) is 0. The Hall–Kier alpha value is -3.68. The Morgan fingerprint density at radius 1 is 1.23 bits per heavy atom. The zero-order chi connectivity index (χ0) is 18.5. The molecule has 0 saturated carbocycles. The molecular weight excluding hydrogens is 338 g/mol. The molecule has 26 heavy (non-hydrogen) atoms. The number of nitro groups is 1. The molecule has 1 aromatic heterocycles.